The summed E-state index contributed by atoms with van der Waals surface area (Å²) >= 11 is 0. The smallest absolute Gasteiger partial charge is 0.132 e. The van der Waals surface area contributed by atoms with Crippen LogP contribution in [0.25, 0.3) is 54.5 Å². The normalized spacial score (nSPS) is 14.6. The van der Waals surface area contributed by atoms with E-state index in [9.17, 15) is 0 Å². The lowest BCUT2D eigenvalue weighted by molar-refractivity contribution is 0.719. The first-order valence-electron chi connectivity index (χ1n) is 15.2. The topological polar surface area (TPSA) is 19.4 Å². The third-order valence-corrected chi connectivity index (χ3v) is 9.23. The first kappa shape index (κ1) is 24.9. The van der Waals surface area contributed by atoms with Gasteiger partial charge in [0.25, 0.3) is 0 Å². The highest BCUT2D eigenvalue weighted by Gasteiger charge is 2.35. The van der Waals surface area contributed by atoms with E-state index in [1.54, 1.807) is 0 Å². The van der Waals surface area contributed by atoms with Crippen LogP contribution in [0.15, 0.2) is 152 Å². The van der Waals surface area contributed by atoms with Gasteiger partial charge in [-0.25, -0.2) is 4.98 Å². The van der Waals surface area contributed by atoms with Gasteiger partial charge in [-0.3, -0.25) is 0 Å². The summed E-state index contributed by atoms with van der Waals surface area (Å²) in [6.07, 6.45) is 0.0441. The molecule has 0 radical (unpaired) electrons. The summed E-state index contributed by atoms with van der Waals surface area (Å²) in [6, 6.07) is 54.7. The van der Waals surface area contributed by atoms with Crippen LogP contribution in [0.2, 0.25) is 0 Å². The monoisotopic (exact) mass is 563 g/mol. The van der Waals surface area contributed by atoms with E-state index in [-0.39, 0.29) is 6.17 Å². The van der Waals surface area contributed by atoms with E-state index in [0.717, 1.165) is 11.0 Å². The van der Waals surface area contributed by atoms with Crippen molar-refractivity contribution in [2.45, 2.75) is 6.17 Å². The van der Waals surface area contributed by atoms with Crippen molar-refractivity contribution < 1.29 is 0 Å². The molecule has 0 saturated heterocycles. The molecule has 3 nitrogen and oxygen atoms in total. The van der Waals surface area contributed by atoms with Crippen molar-refractivity contribution in [2.24, 2.45) is 0 Å². The molecule has 1 unspecified atom stereocenters. The summed E-state index contributed by atoms with van der Waals surface area (Å²) in [5.41, 5.74) is 9.41. The van der Waals surface area contributed by atoms with E-state index in [1.807, 2.05) is 0 Å². The molecule has 7 aromatic carbocycles. The van der Waals surface area contributed by atoms with Crippen molar-refractivity contribution in [3.05, 3.63) is 157 Å². The highest BCUT2D eigenvalue weighted by atomic mass is 15.4. The SMILES string of the molecule is CN1c2ccccc2N(c2ccccc2)C1c1ccc(-c2c3ccc4ccccc4c3nc3c2ccc2ccccc23)cc1. The summed E-state index contributed by atoms with van der Waals surface area (Å²) in [4.78, 5) is 10.2. The quantitative estimate of drug-likeness (QED) is 0.157. The maximum absolute atomic E-state index is 5.36. The molecule has 208 valence electrons. The van der Waals surface area contributed by atoms with Gasteiger partial charge in [0.15, 0.2) is 0 Å². The predicted octanol–water partition coefficient (Wildman–Crippen LogP) is 10.6. The minimum Gasteiger partial charge on any atom is -0.349 e. The van der Waals surface area contributed by atoms with E-state index in [1.165, 1.54) is 66.1 Å². The standard InChI is InChI=1S/C41H29N3/c1-43-36-17-9-10-18-37(36)44(31-13-3-2-4-14-31)41(43)30-21-19-29(20-22-30)38-34-25-23-27-11-5-7-15-32(27)39(34)42-40-33-16-8-6-12-28(33)24-26-35(38)40/h2-26,41H,1H3. The Balaban J connectivity index is 1.26. The van der Waals surface area contributed by atoms with Crippen LogP contribution in [0, 0.1) is 0 Å². The molecule has 1 aliphatic rings. The van der Waals surface area contributed by atoms with Crippen LogP contribution < -0.4 is 9.80 Å². The van der Waals surface area contributed by atoms with Crippen LogP contribution in [-0.4, -0.2) is 12.0 Å². The van der Waals surface area contributed by atoms with E-state index in [4.69, 9.17) is 4.98 Å². The summed E-state index contributed by atoms with van der Waals surface area (Å²) < 4.78 is 0. The lowest BCUT2D eigenvalue weighted by Gasteiger charge is -2.31. The molecule has 0 bridgehead atoms. The van der Waals surface area contributed by atoms with Crippen LogP contribution in [-0.2, 0) is 0 Å². The molecule has 0 spiro atoms. The number of rotatable bonds is 3. The van der Waals surface area contributed by atoms with Crippen molar-refractivity contribution in [2.75, 3.05) is 16.8 Å². The number of aromatic nitrogens is 1. The number of nitrogens with zero attached hydrogens (tertiary/aromatic N) is 3. The Bertz CT molecular complexity index is 2270. The average Bonchev–Trinajstić information content (AvgIpc) is 3.39. The molecule has 0 saturated carbocycles. The third kappa shape index (κ3) is 3.66. The van der Waals surface area contributed by atoms with Crippen molar-refractivity contribution in [1.82, 2.24) is 4.98 Å². The first-order valence-corrected chi connectivity index (χ1v) is 15.2. The van der Waals surface area contributed by atoms with E-state index in [2.05, 4.69) is 169 Å². The molecule has 3 heteroatoms. The fourth-order valence-corrected chi connectivity index (χ4v) is 7.19. The number of benzene rings is 7. The van der Waals surface area contributed by atoms with Gasteiger partial charge in [0.1, 0.15) is 6.17 Å². The Morgan fingerprint density at radius 1 is 0.477 bits per heavy atom. The zero-order chi connectivity index (χ0) is 29.2. The number of pyridine rings is 1. The van der Waals surface area contributed by atoms with Gasteiger partial charge >= 0.3 is 0 Å². The fraction of sp³-hybridized carbons (Fsp3) is 0.0488. The molecule has 0 amide bonds. The Morgan fingerprint density at radius 3 is 1.66 bits per heavy atom. The first-order chi connectivity index (χ1) is 21.8. The molecule has 0 N–H and O–H groups in total. The minimum atomic E-state index is 0.0441. The van der Waals surface area contributed by atoms with Gasteiger partial charge in [0.05, 0.1) is 22.4 Å². The summed E-state index contributed by atoms with van der Waals surface area (Å²) in [7, 11) is 2.19. The number of fused-ring (bicyclic) bond motifs is 7. The second-order valence-corrected chi connectivity index (χ2v) is 11.7. The number of para-hydroxylation sites is 3. The van der Waals surface area contributed by atoms with E-state index >= 15 is 0 Å². The molecular formula is C41H29N3. The maximum Gasteiger partial charge on any atom is 0.132 e. The Kier molecular flexibility index (Phi) is 5.48. The van der Waals surface area contributed by atoms with Crippen molar-refractivity contribution in [3.63, 3.8) is 0 Å². The number of hydrogen-bond acceptors (Lipinski definition) is 3. The number of anilines is 3. The van der Waals surface area contributed by atoms with Crippen molar-refractivity contribution in [3.8, 4) is 11.1 Å². The minimum absolute atomic E-state index is 0.0441. The molecule has 1 aromatic heterocycles. The molecule has 1 aliphatic heterocycles. The molecule has 9 rings (SSSR count). The van der Waals surface area contributed by atoms with Gasteiger partial charge < -0.3 is 9.80 Å². The summed E-state index contributed by atoms with van der Waals surface area (Å²) in [6.45, 7) is 0. The molecule has 1 atom stereocenters. The van der Waals surface area contributed by atoms with E-state index in [0.29, 0.717) is 0 Å². The van der Waals surface area contributed by atoms with Crippen LogP contribution >= 0.6 is 0 Å². The van der Waals surface area contributed by atoms with Crippen LogP contribution in [0.1, 0.15) is 11.7 Å². The van der Waals surface area contributed by atoms with Gasteiger partial charge in [-0.2, -0.15) is 0 Å². The lowest BCUT2D eigenvalue weighted by Crippen LogP contribution is -2.30. The Morgan fingerprint density at radius 2 is 1.02 bits per heavy atom. The second kappa shape index (κ2) is 9.68. The van der Waals surface area contributed by atoms with Gasteiger partial charge in [-0.05, 0) is 46.2 Å². The van der Waals surface area contributed by atoms with Crippen LogP contribution in [0.3, 0.4) is 0 Å². The average molecular weight is 564 g/mol. The van der Waals surface area contributed by atoms with Gasteiger partial charge in [0, 0.05) is 39.8 Å². The largest absolute Gasteiger partial charge is 0.349 e. The van der Waals surface area contributed by atoms with Crippen LogP contribution in [0.5, 0.6) is 0 Å². The van der Waals surface area contributed by atoms with Gasteiger partial charge in [-0.1, -0.05) is 127 Å². The van der Waals surface area contributed by atoms with Crippen molar-refractivity contribution >= 4 is 60.4 Å². The number of hydrogen-bond donors (Lipinski definition) is 0. The van der Waals surface area contributed by atoms with Crippen molar-refractivity contribution in [1.29, 1.82) is 0 Å². The Hall–Kier alpha value is -5.67. The van der Waals surface area contributed by atoms with Gasteiger partial charge in [0.2, 0.25) is 0 Å². The molecule has 0 fully saturated rings. The predicted molar refractivity (Wildman–Crippen MR) is 186 cm³/mol. The van der Waals surface area contributed by atoms with Gasteiger partial charge in [-0.15, -0.1) is 0 Å². The fourth-order valence-electron chi connectivity index (χ4n) is 7.19. The summed E-state index contributed by atoms with van der Waals surface area (Å²) in [5, 5.41) is 7.13. The molecule has 0 aliphatic carbocycles. The molecular weight excluding hydrogens is 534 g/mol. The molecule has 2 heterocycles. The summed E-state index contributed by atoms with van der Waals surface area (Å²) in [5.74, 6) is 0. The third-order valence-electron chi connectivity index (χ3n) is 9.23. The highest BCUT2D eigenvalue weighted by molar-refractivity contribution is 6.21. The second-order valence-electron chi connectivity index (χ2n) is 11.7. The molecule has 44 heavy (non-hydrogen) atoms. The highest BCUT2D eigenvalue weighted by Crippen LogP contribution is 2.49. The lowest BCUT2D eigenvalue weighted by atomic mass is 9.92. The van der Waals surface area contributed by atoms with E-state index < -0.39 is 0 Å². The van der Waals surface area contributed by atoms with Crippen LogP contribution in [0.4, 0.5) is 17.1 Å². The maximum atomic E-state index is 5.36. The Labute approximate surface area is 256 Å². The molecule has 8 aromatic rings. The zero-order valence-corrected chi connectivity index (χ0v) is 24.4. The zero-order valence-electron chi connectivity index (χ0n) is 24.4.